The van der Waals surface area contributed by atoms with Crippen LogP contribution in [0.3, 0.4) is 0 Å². The molecular formula is C26H22F3N7O. The predicted octanol–water partition coefficient (Wildman–Crippen LogP) is 4.63. The van der Waals surface area contributed by atoms with Crippen LogP contribution in [0, 0.1) is 5.92 Å². The lowest BCUT2D eigenvalue weighted by molar-refractivity contribution is -0.136. The van der Waals surface area contributed by atoms with E-state index in [4.69, 9.17) is 0 Å². The molecule has 0 spiro atoms. The Hall–Kier alpha value is -4.28. The number of hydrogen-bond acceptors (Lipinski definition) is 5. The lowest BCUT2D eigenvalue weighted by Gasteiger charge is -2.33. The molecule has 1 aliphatic carbocycles. The molecule has 11 heteroatoms. The van der Waals surface area contributed by atoms with Gasteiger partial charge >= 0.3 is 11.9 Å². The van der Waals surface area contributed by atoms with Crippen LogP contribution in [0.4, 0.5) is 13.2 Å². The molecule has 0 saturated heterocycles. The summed E-state index contributed by atoms with van der Waals surface area (Å²) in [5.74, 6) is 1.05. The Bertz CT molecular complexity index is 1650. The number of aryl methyl sites for hydroxylation is 1. The van der Waals surface area contributed by atoms with Gasteiger partial charge in [-0.1, -0.05) is 12.5 Å². The molecular weight excluding hydrogens is 483 g/mol. The molecule has 1 fully saturated rings. The van der Waals surface area contributed by atoms with Gasteiger partial charge in [0.1, 0.15) is 12.2 Å². The molecule has 37 heavy (non-hydrogen) atoms. The molecule has 1 aliphatic rings. The summed E-state index contributed by atoms with van der Waals surface area (Å²) < 4.78 is 45.3. The lowest BCUT2D eigenvalue weighted by Crippen LogP contribution is -2.24. The van der Waals surface area contributed by atoms with Gasteiger partial charge in [-0.2, -0.15) is 23.4 Å². The summed E-state index contributed by atoms with van der Waals surface area (Å²) in [7, 11) is 1.89. The van der Waals surface area contributed by atoms with Gasteiger partial charge in [0, 0.05) is 30.9 Å². The first-order chi connectivity index (χ1) is 17.8. The standard InChI is InChI=1S/C26H22F3N7O/c1-34-15-32-33-24(34)23(16-4-2-5-16)19-10-18(17-7-8-30-31-13-17)11-20(12-19)36-14-22-21(26(27,28)29)6-3-9-35(22)25(36)37/h3,6-16,23H,2,4-5H2,1H3/t23-/m0/s1. The minimum Gasteiger partial charge on any atom is -0.320 e. The van der Waals surface area contributed by atoms with Gasteiger partial charge in [-0.05, 0) is 60.2 Å². The highest BCUT2D eigenvalue weighted by atomic mass is 19.4. The molecule has 0 aliphatic heterocycles. The number of pyridine rings is 1. The zero-order valence-electron chi connectivity index (χ0n) is 19.8. The highest BCUT2D eigenvalue weighted by molar-refractivity contribution is 5.67. The maximum absolute atomic E-state index is 13.7. The van der Waals surface area contributed by atoms with E-state index in [2.05, 4.69) is 20.4 Å². The summed E-state index contributed by atoms with van der Waals surface area (Å²) in [6, 6.07) is 9.68. The van der Waals surface area contributed by atoms with Crippen molar-refractivity contribution < 1.29 is 13.2 Å². The number of halogens is 3. The molecule has 188 valence electrons. The van der Waals surface area contributed by atoms with Crippen LogP contribution in [-0.2, 0) is 13.2 Å². The Kier molecular flexibility index (Phi) is 5.43. The molecule has 5 aromatic rings. The van der Waals surface area contributed by atoms with Gasteiger partial charge < -0.3 is 4.57 Å². The number of fused-ring (bicyclic) bond motifs is 1. The van der Waals surface area contributed by atoms with Crippen molar-refractivity contribution in [3.8, 4) is 16.8 Å². The lowest BCUT2D eigenvalue weighted by atomic mass is 9.72. The van der Waals surface area contributed by atoms with Crippen molar-refractivity contribution in [3.05, 3.63) is 94.9 Å². The maximum atomic E-state index is 13.7. The maximum Gasteiger partial charge on any atom is 0.418 e. The Morgan fingerprint density at radius 2 is 1.89 bits per heavy atom. The van der Waals surface area contributed by atoms with Gasteiger partial charge in [-0.15, -0.1) is 10.2 Å². The van der Waals surface area contributed by atoms with E-state index in [1.54, 1.807) is 30.9 Å². The second-order valence-electron chi connectivity index (χ2n) is 9.37. The van der Waals surface area contributed by atoms with Crippen molar-refractivity contribution in [2.24, 2.45) is 13.0 Å². The van der Waals surface area contributed by atoms with Crippen molar-refractivity contribution >= 4 is 5.52 Å². The molecule has 4 aromatic heterocycles. The van der Waals surface area contributed by atoms with Crippen LogP contribution < -0.4 is 5.69 Å². The number of imidazole rings is 1. The molecule has 0 N–H and O–H groups in total. The zero-order valence-corrected chi connectivity index (χ0v) is 19.8. The SMILES string of the molecule is Cn1cnnc1[C@H](c1cc(-c2ccnnc2)cc(-n2cc3c(C(F)(F)F)cccn3c2=O)c1)C1CCC1. The van der Waals surface area contributed by atoms with E-state index in [0.29, 0.717) is 11.6 Å². The number of benzene rings is 1. The average molecular weight is 506 g/mol. The van der Waals surface area contributed by atoms with E-state index >= 15 is 0 Å². The number of hydrogen-bond donors (Lipinski definition) is 0. The summed E-state index contributed by atoms with van der Waals surface area (Å²) in [4.78, 5) is 13.3. The van der Waals surface area contributed by atoms with Crippen molar-refractivity contribution in [3.63, 3.8) is 0 Å². The highest BCUT2D eigenvalue weighted by Crippen LogP contribution is 2.44. The molecule has 8 nitrogen and oxygen atoms in total. The van der Waals surface area contributed by atoms with Gasteiger partial charge in [-0.25, -0.2) is 4.79 Å². The molecule has 6 rings (SSSR count). The third kappa shape index (κ3) is 4.00. The summed E-state index contributed by atoms with van der Waals surface area (Å²) in [5.41, 5.74) is 1.24. The van der Waals surface area contributed by atoms with Crippen molar-refractivity contribution in [2.75, 3.05) is 0 Å². The summed E-state index contributed by atoms with van der Waals surface area (Å²) in [6.07, 6.45) is 6.01. The first-order valence-electron chi connectivity index (χ1n) is 11.9. The summed E-state index contributed by atoms with van der Waals surface area (Å²) in [5, 5.41) is 16.3. The Morgan fingerprint density at radius 1 is 1.05 bits per heavy atom. The van der Waals surface area contributed by atoms with Crippen molar-refractivity contribution in [1.29, 1.82) is 0 Å². The predicted molar refractivity (Wildman–Crippen MR) is 129 cm³/mol. The quantitative estimate of drug-likeness (QED) is 0.348. The van der Waals surface area contributed by atoms with E-state index in [1.807, 2.05) is 23.7 Å². The van der Waals surface area contributed by atoms with Crippen molar-refractivity contribution in [2.45, 2.75) is 31.4 Å². The largest absolute Gasteiger partial charge is 0.418 e. The van der Waals surface area contributed by atoms with Crippen LogP contribution in [0.25, 0.3) is 22.3 Å². The smallest absolute Gasteiger partial charge is 0.320 e. The van der Waals surface area contributed by atoms with E-state index in [0.717, 1.165) is 52.2 Å². The van der Waals surface area contributed by atoms with E-state index in [9.17, 15) is 18.0 Å². The third-order valence-electron chi connectivity index (χ3n) is 7.14. The fourth-order valence-corrected chi connectivity index (χ4v) is 5.10. The number of alkyl halides is 3. The summed E-state index contributed by atoms with van der Waals surface area (Å²) in [6.45, 7) is 0. The van der Waals surface area contributed by atoms with Gasteiger partial charge in [-0.3, -0.25) is 8.97 Å². The first kappa shape index (κ1) is 23.1. The van der Waals surface area contributed by atoms with Gasteiger partial charge in [0.25, 0.3) is 0 Å². The van der Waals surface area contributed by atoms with E-state index < -0.39 is 17.4 Å². The highest BCUT2D eigenvalue weighted by Gasteiger charge is 2.35. The molecule has 1 aromatic carbocycles. The number of rotatable bonds is 5. The van der Waals surface area contributed by atoms with E-state index in [-0.39, 0.29) is 11.4 Å². The fraction of sp³-hybridized carbons (Fsp3) is 0.269. The minimum absolute atomic E-state index is 0.0896. The van der Waals surface area contributed by atoms with Crippen LogP contribution in [0.15, 0.2) is 72.3 Å². The number of nitrogens with zero attached hydrogens (tertiary/aromatic N) is 7. The number of aromatic nitrogens is 7. The van der Waals surface area contributed by atoms with Crippen LogP contribution in [0.2, 0.25) is 0 Å². The fourth-order valence-electron chi connectivity index (χ4n) is 5.10. The molecule has 1 saturated carbocycles. The molecule has 0 amide bonds. The topological polar surface area (TPSA) is 82.9 Å². The Morgan fingerprint density at radius 3 is 2.54 bits per heavy atom. The van der Waals surface area contributed by atoms with Gasteiger partial charge in [0.15, 0.2) is 0 Å². The van der Waals surface area contributed by atoms with Crippen molar-refractivity contribution in [1.82, 2.24) is 33.9 Å². The minimum atomic E-state index is -4.60. The van der Waals surface area contributed by atoms with Crippen LogP contribution >= 0.6 is 0 Å². The van der Waals surface area contributed by atoms with Crippen LogP contribution in [0.5, 0.6) is 0 Å². The normalized spacial score (nSPS) is 15.1. The molecule has 0 radical (unpaired) electrons. The average Bonchev–Trinajstić information content (AvgIpc) is 3.43. The molecule has 4 heterocycles. The second kappa shape index (κ2) is 8.68. The van der Waals surface area contributed by atoms with Crippen LogP contribution in [-0.4, -0.2) is 33.9 Å². The molecule has 1 atom stereocenters. The van der Waals surface area contributed by atoms with Gasteiger partial charge in [0.2, 0.25) is 0 Å². The molecule has 0 unspecified atom stereocenters. The van der Waals surface area contributed by atoms with Crippen LogP contribution in [0.1, 0.15) is 42.1 Å². The monoisotopic (exact) mass is 505 g/mol. The first-order valence-corrected chi connectivity index (χ1v) is 11.9. The third-order valence-corrected chi connectivity index (χ3v) is 7.14. The molecule has 0 bridgehead atoms. The summed E-state index contributed by atoms with van der Waals surface area (Å²) >= 11 is 0. The van der Waals surface area contributed by atoms with Gasteiger partial charge in [0.05, 0.1) is 29.2 Å². The zero-order chi connectivity index (χ0) is 25.7. The second-order valence-corrected chi connectivity index (χ2v) is 9.37. The Labute approximate surface area is 209 Å². The van der Waals surface area contributed by atoms with E-state index in [1.165, 1.54) is 23.0 Å². The Balaban J connectivity index is 1.59.